The largest absolute Gasteiger partial charge is 0.490 e. The van der Waals surface area contributed by atoms with Crippen molar-refractivity contribution < 1.29 is 18.3 Å². The van der Waals surface area contributed by atoms with Gasteiger partial charge in [-0.15, -0.1) is 0 Å². The zero-order valence-corrected chi connectivity index (χ0v) is 18.1. The van der Waals surface area contributed by atoms with Crippen LogP contribution in [0.2, 0.25) is 0 Å². The Morgan fingerprint density at radius 3 is 2.87 bits per heavy atom. The van der Waals surface area contributed by atoms with Crippen LogP contribution in [0.4, 0.5) is 4.39 Å². The molecule has 0 spiro atoms. The molecule has 168 valence electrons. The predicted molar refractivity (Wildman–Crippen MR) is 118 cm³/mol. The molecule has 2 unspecified atom stereocenters. The van der Waals surface area contributed by atoms with E-state index in [-0.39, 0.29) is 11.9 Å². The Morgan fingerprint density at radius 1 is 1.26 bits per heavy atom. The number of furan rings is 1. The molecule has 2 N–H and O–H groups in total. The minimum atomic E-state index is -0.320. The minimum Gasteiger partial charge on any atom is -0.490 e. The number of aliphatic imine (C=N–C) groups is 1. The lowest BCUT2D eigenvalue weighted by molar-refractivity contribution is 0.187. The van der Waals surface area contributed by atoms with Gasteiger partial charge in [0, 0.05) is 32.0 Å². The third-order valence-electron chi connectivity index (χ3n) is 5.76. The second kappa shape index (κ2) is 10.7. The molecule has 31 heavy (non-hydrogen) atoms. The quantitative estimate of drug-likeness (QED) is 0.440. The van der Waals surface area contributed by atoms with Gasteiger partial charge in [0.15, 0.2) is 17.5 Å². The summed E-state index contributed by atoms with van der Waals surface area (Å²) in [4.78, 5) is 4.75. The summed E-state index contributed by atoms with van der Waals surface area (Å²) in [7, 11) is 0. The Hall–Kier alpha value is -2.54. The molecule has 1 aromatic carbocycles. The van der Waals surface area contributed by atoms with Crippen LogP contribution in [-0.2, 0) is 11.2 Å². The van der Waals surface area contributed by atoms with Crippen LogP contribution in [0.3, 0.4) is 0 Å². The van der Waals surface area contributed by atoms with Crippen LogP contribution in [0.15, 0.2) is 46.0 Å². The maximum absolute atomic E-state index is 14.5. The van der Waals surface area contributed by atoms with Gasteiger partial charge in [-0.25, -0.2) is 4.39 Å². The van der Waals surface area contributed by atoms with Crippen molar-refractivity contribution in [3.8, 4) is 5.75 Å². The Bertz CT molecular complexity index is 846. The van der Waals surface area contributed by atoms with Gasteiger partial charge in [-0.1, -0.05) is 6.07 Å². The Morgan fingerprint density at radius 2 is 2.16 bits per heavy atom. The van der Waals surface area contributed by atoms with Gasteiger partial charge in [0.25, 0.3) is 0 Å². The second-order valence-corrected chi connectivity index (χ2v) is 8.49. The SMILES string of the molecule is CC(NC(=NCC1CCOC1)NCCc1ccco1)c1ccc(OCC2CC2)c(F)c1. The number of guanidine groups is 1. The summed E-state index contributed by atoms with van der Waals surface area (Å²) in [6.45, 7) is 5.56. The standard InChI is InChI=1S/C24H32FN3O3/c1-17(20-6-7-23(22(25)13-20)31-16-18-4-5-18)28-24(27-14-19-9-12-29-15-19)26-10-8-21-3-2-11-30-21/h2-3,6-7,11,13,17-19H,4-5,8-10,12,14-16H2,1H3,(H2,26,27,28). The maximum atomic E-state index is 14.5. The van der Waals surface area contributed by atoms with E-state index in [9.17, 15) is 4.39 Å². The van der Waals surface area contributed by atoms with E-state index in [2.05, 4.69) is 10.6 Å². The first-order chi connectivity index (χ1) is 15.2. The number of nitrogens with zero attached hydrogens (tertiary/aromatic N) is 1. The summed E-state index contributed by atoms with van der Waals surface area (Å²) in [5.41, 5.74) is 0.848. The number of hydrogen-bond donors (Lipinski definition) is 2. The van der Waals surface area contributed by atoms with E-state index in [1.54, 1.807) is 18.4 Å². The second-order valence-electron chi connectivity index (χ2n) is 8.49. The molecule has 2 heterocycles. The van der Waals surface area contributed by atoms with Gasteiger partial charge in [0.1, 0.15) is 5.76 Å². The van der Waals surface area contributed by atoms with E-state index in [0.29, 0.717) is 43.2 Å². The number of halogens is 1. The predicted octanol–water partition coefficient (Wildman–Crippen LogP) is 4.08. The van der Waals surface area contributed by atoms with Crippen LogP contribution >= 0.6 is 0 Å². The Balaban J connectivity index is 1.35. The van der Waals surface area contributed by atoms with Crippen molar-refractivity contribution in [3.05, 3.63) is 53.7 Å². The summed E-state index contributed by atoms with van der Waals surface area (Å²) in [6, 6.07) is 8.92. The molecule has 2 aromatic rings. The van der Waals surface area contributed by atoms with E-state index in [0.717, 1.165) is 37.4 Å². The van der Waals surface area contributed by atoms with Crippen molar-refractivity contribution in [2.24, 2.45) is 16.8 Å². The van der Waals surface area contributed by atoms with Crippen molar-refractivity contribution >= 4 is 5.96 Å². The van der Waals surface area contributed by atoms with Crippen LogP contribution in [0.5, 0.6) is 5.75 Å². The number of nitrogens with one attached hydrogen (secondary N) is 2. The third kappa shape index (κ3) is 6.72. The van der Waals surface area contributed by atoms with Crippen molar-refractivity contribution in [2.75, 3.05) is 32.9 Å². The molecule has 1 aliphatic heterocycles. The summed E-state index contributed by atoms with van der Waals surface area (Å²) in [5, 5.41) is 6.77. The molecule has 1 saturated carbocycles. The summed E-state index contributed by atoms with van der Waals surface area (Å²) in [5.74, 6) is 2.68. The smallest absolute Gasteiger partial charge is 0.191 e. The first-order valence-electron chi connectivity index (χ1n) is 11.2. The van der Waals surface area contributed by atoms with Crippen molar-refractivity contribution in [3.63, 3.8) is 0 Å². The number of benzene rings is 1. The highest BCUT2D eigenvalue weighted by molar-refractivity contribution is 5.80. The molecule has 0 bridgehead atoms. The Kier molecular flexibility index (Phi) is 7.46. The summed E-state index contributed by atoms with van der Waals surface area (Å²) >= 11 is 0. The van der Waals surface area contributed by atoms with Gasteiger partial charge in [-0.05, 0) is 61.9 Å². The number of rotatable bonds is 10. The molecule has 2 aliphatic rings. The van der Waals surface area contributed by atoms with E-state index in [4.69, 9.17) is 18.9 Å². The van der Waals surface area contributed by atoms with Crippen molar-refractivity contribution in [1.82, 2.24) is 10.6 Å². The average Bonchev–Trinajstić information content (AvgIpc) is 3.21. The van der Waals surface area contributed by atoms with Gasteiger partial charge in [0.05, 0.1) is 25.5 Å². The van der Waals surface area contributed by atoms with E-state index >= 15 is 0 Å². The van der Waals surface area contributed by atoms with Crippen molar-refractivity contribution in [2.45, 2.75) is 38.6 Å². The van der Waals surface area contributed by atoms with Crippen molar-refractivity contribution in [1.29, 1.82) is 0 Å². The molecule has 7 heteroatoms. The highest BCUT2D eigenvalue weighted by Crippen LogP contribution is 2.30. The molecule has 2 atom stereocenters. The zero-order valence-electron chi connectivity index (χ0n) is 18.1. The molecule has 1 saturated heterocycles. The fraction of sp³-hybridized carbons (Fsp3) is 0.542. The molecular formula is C24H32FN3O3. The maximum Gasteiger partial charge on any atom is 0.191 e. The highest BCUT2D eigenvalue weighted by Gasteiger charge is 2.22. The molecule has 4 rings (SSSR count). The summed E-state index contributed by atoms with van der Waals surface area (Å²) in [6.07, 6.45) is 5.84. The third-order valence-corrected chi connectivity index (χ3v) is 5.76. The lowest BCUT2D eigenvalue weighted by atomic mass is 10.1. The fourth-order valence-corrected chi connectivity index (χ4v) is 3.54. The first-order valence-corrected chi connectivity index (χ1v) is 11.2. The van der Waals surface area contributed by atoms with Crippen LogP contribution in [0.25, 0.3) is 0 Å². The lowest BCUT2D eigenvalue weighted by Crippen LogP contribution is -2.40. The van der Waals surface area contributed by atoms with E-state index < -0.39 is 0 Å². The van der Waals surface area contributed by atoms with Gasteiger partial charge < -0.3 is 24.5 Å². The highest BCUT2D eigenvalue weighted by atomic mass is 19.1. The van der Waals surface area contributed by atoms with Gasteiger partial charge >= 0.3 is 0 Å². The monoisotopic (exact) mass is 429 g/mol. The Labute approximate surface area is 183 Å². The first kappa shape index (κ1) is 21.7. The van der Waals surface area contributed by atoms with Gasteiger partial charge in [-0.2, -0.15) is 0 Å². The number of ether oxygens (including phenoxy) is 2. The average molecular weight is 430 g/mol. The topological polar surface area (TPSA) is 68.0 Å². The van der Waals surface area contributed by atoms with Gasteiger partial charge in [0.2, 0.25) is 0 Å². The van der Waals surface area contributed by atoms with Crippen LogP contribution in [0, 0.1) is 17.7 Å². The number of hydrogen-bond acceptors (Lipinski definition) is 4. The van der Waals surface area contributed by atoms with Crippen LogP contribution < -0.4 is 15.4 Å². The molecule has 0 amide bonds. The molecule has 6 nitrogen and oxygen atoms in total. The van der Waals surface area contributed by atoms with Crippen LogP contribution in [-0.4, -0.2) is 38.9 Å². The zero-order chi connectivity index (χ0) is 21.5. The molecule has 2 fully saturated rings. The van der Waals surface area contributed by atoms with E-state index in [1.165, 1.54) is 12.8 Å². The minimum absolute atomic E-state index is 0.110. The molecule has 1 aliphatic carbocycles. The molecular weight excluding hydrogens is 397 g/mol. The molecule has 1 aromatic heterocycles. The molecule has 0 radical (unpaired) electrons. The van der Waals surface area contributed by atoms with E-state index in [1.807, 2.05) is 25.1 Å². The lowest BCUT2D eigenvalue weighted by Gasteiger charge is -2.20. The van der Waals surface area contributed by atoms with Crippen LogP contribution in [0.1, 0.15) is 43.6 Å². The van der Waals surface area contributed by atoms with Gasteiger partial charge in [-0.3, -0.25) is 4.99 Å². The summed E-state index contributed by atoms with van der Waals surface area (Å²) < 4.78 is 31.0. The normalized spacial score (nSPS) is 19.9. The fourth-order valence-electron chi connectivity index (χ4n) is 3.54.